The molecule has 21 heavy (non-hydrogen) atoms. The maximum absolute atomic E-state index is 13.5. The van der Waals surface area contributed by atoms with E-state index in [1.807, 2.05) is 5.32 Å². The van der Waals surface area contributed by atoms with Crippen LogP contribution in [0.4, 0.5) is 20.2 Å². The van der Waals surface area contributed by atoms with Gasteiger partial charge in [-0.1, -0.05) is 0 Å². The normalized spacial score (nSPS) is 10.0. The molecule has 1 N–H and O–H groups in total. The molecule has 0 aliphatic heterocycles. The molecule has 114 valence electrons. The molecular weight excluding hydrogens is 290 g/mol. The highest BCUT2D eigenvalue weighted by Gasteiger charge is 2.23. The number of amides is 1. The van der Waals surface area contributed by atoms with E-state index in [-0.39, 0.29) is 19.4 Å². The summed E-state index contributed by atoms with van der Waals surface area (Å²) >= 11 is 0. The summed E-state index contributed by atoms with van der Waals surface area (Å²) in [6.07, 6.45) is -0.643. The highest BCUT2D eigenvalue weighted by Crippen LogP contribution is 2.29. The molecule has 1 rings (SSSR count). The Morgan fingerprint density at radius 1 is 1.33 bits per heavy atom. The fourth-order valence-electron chi connectivity index (χ4n) is 1.46. The SMILES string of the molecule is CCOC(=O)CCC(=O)Nc1c([N+](=O)[O-])ccc(F)c1F. The zero-order valence-electron chi connectivity index (χ0n) is 11.0. The first-order valence-electron chi connectivity index (χ1n) is 5.94. The second-order valence-electron chi connectivity index (χ2n) is 3.87. The van der Waals surface area contributed by atoms with E-state index < -0.39 is 39.8 Å². The van der Waals surface area contributed by atoms with Crippen LogP contribution in [0.15, 0.2) is 12.1 Å². The smallest absolute Gasteiger partial charge is 0.306 e. The minimum absolute atomic E-state index is 0.143. The number of anilines is 1. The van der Waals surface area contributed by atoms with Gasteiger partial charge in [0.2, 0.25) is 5.91 Å². The van der Waals surface area contributed by atoms with E-state index >= 15 is 0 Å². The van der Waals surface area contributed by atoms with E-state index in [9.17, 15) is 28.5 Å². The molecule has 9 heteroatoms. The molecule has 0 heterocycles. The van der Waals surface area contributed by atoms with Crippen LogP contribution >= 0.6 is 0 Å². The van der Waals surface area contributed by atoms with Crippen molar-refractivity contribution in [1.29, 1.82) is 0 Å². The van der Waals surface area contributed by atoms with Crippen molar-refractivity contribution < 1.29 is 28.0 Å². The van der Waals surface area contributed by atoms with E-state index in [1.54, 1.807) is 6.92 Å². The van der Waals surface area contributed by atoms with Crippen LogP contribution in [0.5, 0.6) is 0 Å². The zero-order valence-corrected chi connectivity index (χ0v) is 11.0. The molecule has 0 radical (unpaired) electrons. The first-order valence-corrected chi connectivity index (χ1v) is 5.94. The van der Waals surface area contributed by atoms with Gasteiger partial charge in [0, 0.05) is 12.5 Å². The van der Waals surface area contributed by atoms with Crippen molar-refractivity contribution in [2.24, 2.45) is 0 Å². The van der Waals surface area contributed by atoms with E-state index in [0.29, 0.717) is 6.07 Å². The number of ether oxygens (including phenoxy) is 1. The lowest BCUT2D eigenvalue weighted by Gasteiger charge is -2.07. The van der Waals surface area contributed by atoms with Gasteiger partial charge in [-0.2, -0.15) is 0 Å². The maximum atomic E-state index is 13.5. The Bertz CT molecular complexity index is 577. The fourth-order valence-corrected chi connectivity index (χ4v) is 1.46. The molecule has 0 aliphatic rings. The maximum Gasteiger partial charge on any atom is 0.306 e. The monoisotopic (exact) mass is 302 g/mol. The molecule has 0 bridgehead atoms. The Morgan fingerprint density at radius 3 is 2.57 bits per heavy atom. The molecular formula is C12H12F2N2O5. The number of hydrogen-bond donors (Lipinski definition) is 1. The molecule has 7 nitrogen and oxygen atoms in total. The second-order valence-corrected chi connectivity index (χ2v) is 3.87. The Labute approximate surface area is 118 Å². The van der Waals surface area contributed by atoms with Gasteiger partial charge in [0.15, 0.2) is 17.3 Å². The van der Waals surface area contributed by atoms with Gasteiger partial charge < -0.3 is 10.1 Å². The highest BCUT2D eigenvalue weighted by molar-refractivity contribution is 5.94. The standard InChI is InChI=1S/C12H12F2N2O5/c1-2-21-10(18)6-5-9(17)15-12-8(16(19)20)4-3-7(13)11(12)14/h3-4H,2,5-6H2,1H3,(H,15,17). The molecule has 1 aromatic carbocycles. The van der Waals surface area contributed by atoms with Crippen LogP contribution in [0.3, 0.4) is 0 Å². The summed E-state index contributed by atoms with van der Waals surface area (Å²) < 4.78 is 31.2. The van der Waals surface area contributed by atoms with Crippen molar-refractivity contribution in [3.8, 4) is 0 Å². The molecule has 0 unspecified atom stereocenters. The average molecular weight is 302 g/mol. The Kier molecular flexibility index (Phi) is 5.70. The largest absolute Gasteiger partial charge is 0.466 e. The van der Waals surface area contributed by atoms with E-state index in [0.717, 1.165) is 6.07 Å². The number of esters is 1. The molecule has 0 atom stereocenters. The van der Waals surface area contributed by atoms with Gasteiger partial charge in [0.05, 0.1) is 18.0 Å². The van der Waals surface area contributed by atoms with Crippen LogP contribution in [0.25, 0.3) is 0 Å². The lowest BCUT2D eigenvalue weighted by atomic mass is 10.2. The minimum atomic E-state index is -1.53. The van der Waals surface area contributed by atoms with Crippen molar-refractivity contribution in [2.45, 2.75) is 19.8 Å². The third kappa shape index (κ3) is 4.48. The lowest BCUT2D eigenvalue weighted by Crippen LogP contribution is -2.16. The number of nitro benzene ring substituents is 1. The molecule has 1 amide bonds. The Balaban J connectivity index is 2.82. The summed E-state index contributed by atoms with van der Waals surface area (Å²) in [6, 6.07) is 1.32. The summed E-state index contributed by atoms with van der Waals surface area (Å²) in [4.78, 5) is 32.3. The second kappa shape index (κ2) is 7.27. The summed E-state index contributed by atoms with van der Waals surface area (Å²) in [5, 5.41) is 12.6. The fraction of sp³-hybridized carbons (Fsp3) is 0.333. The third-order valence-corrected chi connectivity index (χ3v) is 2.40. The predicted molar refractivity (Wildman–Crippen MR) is 67.5 cm³/mol. The van der Waals surface area contributed by atoms with Crippen LogP contribution in [0.1, 0.15) is 19.8 Å². The number of carbonyl (C=O) groups excluding carboxylic acids is 2. The van der Waals surface area contributed by atoms with Crippen molar-refractivity contribution >= 4 is 23.3 Å². The number of nitrogens with zero attached hydrogens (tertiary/aromatic N) is 1. The average Bonchev–Trinajstić information content (AvgIpc) is 2.42. The minimum Gasteiger partial charge on any atom is -0.466 e. The summed E-state index contributed by atoms with van der Waals surface area (Å²) in [5.74, 6) is -4.37. The quantitative estimate of drug-likeness (QED) is 0.493. The number of benzene rings is 1. The lowest BCUT2D eigenvalue weighted by molar-refractivity contribution is -0.384. The number of carbonyl (C=O) groups is 2. The Hall–Kier alpha value is -2.58. The van der Waals surface area contributed by atoms with E-state index in [1.165, 1.54) is 0 Å². The van der Waals surface area contributed by atoms with Crippen LogP contribution in [-0.2, 0) is 14.3 Å². The number of nitrogens with one attached hydrogen (secondary N) is 1. The predicted octanol–water partition coefficient (Wildman–Crippen LogP) is 2.15. The van der Waals surface area contributed by atoms with Crippen molar-refractivity contribution in [1.82, 2.24) is 0 Å². The van der Waals surface area contributed by atoms with Crippen LogP contribution in [0.2, 0.25) is 0 Å². The number of halogens is 2. The van der Waals surface area contributed by atoms with Gasteiger partial charge in [-0.25, -0.2) is 8.78 Å². The van der Waals surface area contributed by atoms with Gasteiger partial charge in [-0.15, -0.1) is 0 Å². The van der Waals surface area contributed by atoms with Gasteiger partial charge >= 0.3 is 5.97 Å². The summed E-state index contributed by atoms with van der Waals surface area (Å²) in [5.41, 5.74) is -1.65. The summed E-state index contributed by atoms with van der Waals surface area (Å²) in [7, 11) is 0. The molecule has 1 aromatic rings. The first-order chi connectivity index (χ1) is 9.86. The van der Waals surface area contributed by atoms with Gasteiger partial charge in [0.1, 0.15) is 0 Å². The van der Waals surface area contributed by atoms with Crippen LogP contribution < -0.4 is 5.32 Å². The first kappa shape index (κ1) is 16.5. The van der Waals surface area contributed by atoms with E-state index in [2.05, 4.69) is 4.74 Å². The van der Waals surface area contributed by atoms with Crippen molar-refractivity contribution in [3.05, 3.63) is 33.9 Å². The van der Waals surface area contributed by atoms with Gasteiger partial charge in [-0.05, 0) is 13.0 Å². The van der Waals surface area contributed by atoms with Crippen LogP contribution in [0, 0.1) is 21.7 Å². The topological polar surface area (TPSA) is 98.5 Å². The molecule has 0 fully saturated rings. The molecule has 0 spiro atoms. The Morgan fingerprint density at radius 2 is 2.00 bits per heavy atom. The molecule has 0 aromatic heterocycles. The van der Waals surface area contributed by atoms with Gasteiger partial charge in [-0.3, -0.25) is 19.7 Å². The molecule has 0 aliphatic carbocycles. The van der Waals surface area contributed by atoms with Crippen molar-refractivity contribution in [3.63, 3.8) is 0 Å². The number of nitro groups is 1. The van der Waals surface area contributed by atoms with Crippen LogP contribution in [-0.4, -0.2) is 23.4 Å². The summed E-state index contributed by atoms with van der Waals surface area (Å²) in [6.45, 7) is 1.73. The molecule has 0 saturated carbocycles. The molecule has 0 saturated heterocycles. The zero-order chi connectivity index (χ0) is 16.0. The van der Waals surface area contributed by atoms with Gasteiger partial charge in [0.25, 0.3) is 5.69 Å². The van der Waals surface area contributed by atoms with Crippen molar-refractivity contribution in [2.75, 3.05) is 11.9 Å². The number of rotatable bonds is 6. The van der Waals surface area contributed by atoms with E-state index in [4.69, 9.17) is 0 Å². The highest BCUT2D eigenvalue weighted by atomic mass is 19.2. The number of hydrogen-bond acceptors (Lipinski definition) is 5. The third-order valence-electron chi connectivity index (χ3n) is 2.40.